The minimum atomic E-state index is 0.0912. The van der Waals surface area contributed by atoms with Crippen molar-refractivity contribution in [1.82, 2.24) is 15.0 Å². The normalized spacial score (nSPS) is 17.1. The van der Waals surface area contributed by atoms with Crippen molar-refractivity contribution in [2.24, 2.45) is 0 Å². The molecule has 3 aromatic rings. The largest absolute Gasteiger partial charge is 0.394 e. The van der Waals surface area contributed by atoms with Crippen LogP contribution in [-0.4, -0.2) is 39.3 Å². The van der Waals surface area contributed by atoms with Crippen molar-refractivity contribution in [1.29, 1.82) is 0 Å². The highest BCUT2D eigenvalue weighted by molar-refractivity contribution is 6.30. The summed E-state index contributed by atoms with van der Waals surface area (Å²) in [5.74, 6) is 1.47. The van der Waals surface area contributed by atoms with Gasteiger partial charge in [0.1, 0.15) is 5.82 Å². The highest BCUT2D eigenvalue weighted by Gasteiger charge is 2.24. The molecular weight excluding hydrogens is 360 g/mol. The first kappa shape index (κ1) is 17.9. The van der Waals surface area contributed by atoms with Gasteiger partial charge in [-0.25, -0.2) is 9.97 Å². The second kappa shape index (κ2) is 8.03. The van der Waals surface area contributed by atoms with E-state index in [1.54, 1.807) is 12.4 Å². The molecule has 4 rings (SSSR count). The zero-order valence-electron chi connectivity index (χ0n) is 14.9. The van der Waals surface area contributed by atoms with Crippen molar-refractivity contribution >= 4 is 17.4 Å². The van der Waals surface area contributed by atoms with Crippen molar-refractivity contribution in [3.05, 3.63) is 59.9 Å². The van der Waals surface area contributed by atoms with Gasteiger partial charge in [-0.2, -0.15) is 0 Å². The van der Waals surface area contributed by atoms with E-state index >= 15 is 0 Å². The SMILES string of the molecule is OCC1CCCCN1c1cc(-c2ccc(Cl)cc2)nc(-c2cccnc2)n1. The van der Waals surface area contributed by atoms with E-state index in [9.17, 15) is 5.11 Å². The first-order chi connectivity index (χ1) is 13.2. The summed E-state index contributed by atoms with van der Waals surface area (Å²) in [6.07, 6.45) is 6.70. The Bertz CT molecular complexity index is 902. The van der Waals surface area contributed by atoms with E-state index in [2.05, 4.69) is 9.88 Å². The zero-order chi connectivity index (χ0) is 18.6. The summed E-state index contributed by atoms with van der Waals surface area (Å²) in [5.41, 5.74) is 2.68. The number of benzene rings is 1. The van der Waals surface area contributed by atoms with Crippen molar-refractivity contribution in [2.45, 2.75) is 25.3 Å². The van der Waals surface area contributed by atoms with E-state index in [-0.39, 0.29) is 12.6 Å². The van der Waals surface area contributed by atoms with Crippen LogP contribution in [0.5, 0.6) is 0 Å². The van der Waals surface area contributed by atoms with Gasteiger partial charge in [-0.05, 0) is 43.5 Å². The average Bonchev–Trinajstić information content (AvgIpc) is 2.74. The number of hydrogen-bond donors (Lipinski definition) is 1. The van der Waals surface area contributed by atoms with Crippen LogP contribution in [0.1, 0.15) is 19.3 Å². The molecule has 1 aliphatic heterocycles. The number of nitrogens with zero attached hydrogens (tertiary/aromatic N) is 4. The minimum Gasteiger partial charge on any atom is -0.394 e. The standard InChI is InChI=1S/C21H21ClN4O/c22-17-8-6-15(7-9-17)19-12-20(26-11-2-1-5-18(26)14-27)25-21(24-19)16-4-3-10-23-13-16/h3-4,6-10,12-13,18,27H,1-2,5,11,14H2. The molecule has 1 N–H and O–H groups in total. The molecule has 1 fully saturated rings. The Balaban J connectivity index is 1.82. The number of rotatable bonds is 4. The molecule has 138 valence electrons. The van der Waals surface area contributed by atoms with Crippen LogP contribution in [-0.2, 0) is 0 Å². The van der Waals surface area contributed by atoms with Crippen molar-refractivity contribution in [3.8, 4) is 22.6 Å². The number of anilines is 1. The molecular formula is C21H21ClN4O. The summed E-state index contributed by atoms with van der Waals surface area (Å²) in [7, 11) is 0. The first-order valence-corrected chi connectivity index (χ1v) is 9.55. The maximum atomic E-state index is 9.82. The van der Waals surface area contributed by atoms with Gasteiger partial charge in [0, 0.05) is 41.2 Å². The lowest BCUT2D eigenvalue weighted by Crippen LogP contribution is -2.42. The van der Waals surface area contributed by atoms with Gasteiger partial charge < -0.3 is 10.0 Å². The number of aliphatic hydroxyl groups is 1. The second-order valence-electron chi connectivity index (χ2n) is 6.71. The zero-order valence-corrected chi connectivity index (χ0v) is 15.7. The molecule has 1 aromatic carbocycles. The van der Waals surface area contributed by atoms with Crippen LogP contribution in [0.15, 0.2) is 54.9 Å². The monoisotopic (exact) mass is 380 g/mol. The molecule has 5 nitrogen and oxygen atoms in total. The summed E-state index contributed by atoms with van der Waals surface area (Å²) < 4.78 is 0. The Hall–Kier alpha value is -2.50. The van der Waals surface area contributed by atoms with Crippen LogP contribution in [0.25, 0.3) is 22.6 Å². The number of hydrogen-bond acceptors (Lipinski definition) is 5. The van der Waals surface area contributed by atoms with Gasteiger partial charge in [0.2, 0.25) is 0 Å². The Kier molecular flexibility index (Phi) is 5.32. The van der Waals surface area contributed by atoms with Crippen LogP contribution in [0.3, 0.4) is 0 Å². The molecule has 0 bridgehead atoms. The molecule has 0 radical (unpaired) electrons. The van der Waals surface area contributed by atoms with Crippen molar-refractivity contribution in [3.63, 3.8) is 0 Å². The van der Waals surface area contributed by atoms with Crippen LogP contribution in [0, 0.1) is 0 Å². The number of pyridine rings is 1. The Labute approximate surface area is 163 Å². The topological polar surface area (TPSA) is 62.1 Å². The number of piperidine rings is 1. The van der Waals surface area contributed by atoms with Gasteiger partial charge in [0.15, 0.2) is 5.82 Å². The Morgan fingerprint density at radius 3 is 2.67 bits per heavy atom. The van der Waals surface area contributed by atoms with E-state index in [4.69, 9.17) is 21.6 Å². The van der Waals surface area contributed by atoms with Crippen LogP contribution >= 0.6 is 11.6 Å². The molecule has 1 aliphatic rings. The predicted molar refractivity (Wildman–Crippen MR) is 108 cm³/mol. The average molecular weight is 381 g/mol. The molecule has 3 heterocycles. The molecule has 0 aliphatic carbocycles. The molecule has 0 spiro atoms. The second-order valence-corrected chi connectivity index (χ2v) is 7.15. The van der Waals surface area contributed by atoms with Gasteiger partial charge in [-0.15, -0.1) is 0 Å². The quantitative estimate of drug-likeness (QED) is 0.734. The maximum Gasteiger partial charge on any atom is 0.163 e. The van der Waals surface area contributed by atoms with Crippen molar-refractivity contribution in [2.75, 3.05) is 18.1 Å². The maximum absolute atomic E-state index is 9.82. The lowest BCUT2D eigenvalue weighted by atomic mass is 10.0. The van der Waals surface area contributed by atoms with E-state index in [1.807, 2.05) is 42.5 Å². The molecule has 27 heavy (non-hydrogen) atoms. The van der Waals surface area contributed by atoms with Crippen LogP contribution in [0.4, 0.5) is 5.82 Å². The molecule has 2 aromatic heterocycles. The highest BCUT2D eigenvalue weighted by atomic mass is 35.5. The third-order valence-corrected chi connectivity index (χ3v) is 5.16. The Morgan fingerprint density at radius 1 is 1.07 bits per heavy atom. The molecule has 0 saturated carbocycles. The third-order valence-electron chi connectivity index (χ3n) is 4.90. The summed E-state index contributed by atoms with van der Waals surface area (Å²) >= 11 is 6.04. The van der Waals surface area contributed by atoms with Crippen LogP contribution in [0.2, 0.25) is 5.02 Å². The third kappa shape index (κ3) is 3.94. The van der Waals surface area contributed by atoms with E-state index in [1.165, 1.54) is 0 Å². The van der Waals surface area contributed by atoms with E-state index in [0.717, 1.165) is 48.4 Å². The number of aromatic nitrogens is 3. The smallest absolute Gasteiger partial charge is 0.163 e. The fraction of sp³-hybridized carbons (Fsp3) is 0.286. The molecule has 6 heteroatoms. The van der Waals surface area contributed by atoms with Gasteiger partial charge in [0.25, 0.3) is 0 Å². The highest BCUT2D eigenvalue weighted by Crippen LogP contribution is 2.30. The van der Waals surface area contributed by atoms with Gasteiger partial charge in [-0.3, -0.25) is 4.98 Å². The molecule has 1 atom stereocenters. The summed E-state index contributed by atoms with van der Waals surface area (Å²) in [6.45, 7) is 1.01. The predicted octanol–water partition coefficient (Wildman–Crippen LogP) is 4.21. The lowest BCUT2D eigenvalue weighted by Gasteiger charge is -2.35. The van der Waals surface area contributed by atoms with E-state index < -0.39 is 0 Å². The minimum absolute atomic E-state index is 0.0912. The van der Waals surface area contributed by atoms with Gasteiger partial charge in [-0.1, -0.05) is 23.7 Å². The van der Waals surface area contributed by atoms with Crippen LogP contribution < -0.4 is 4.90 Å². The summed E-state index contributed by atoms with van der Waals surface area (Å²) in [4.78, 5) is 16.0. The summed E-state index contributed by atoms with van der Waals surface area (Å²) in [6, 6.07) is 13.6. The summed E-state index contributed by atoms with van der Waals surface area (Å²) in [5, 5.41) is 10.5. The first-order valence-electron chi connectivity index (χ1n) is 9.17. The molecule has 0 amide bonds. The Morgan fingerprint density at radius 2 is 1.93 bits per heavy atom. The van der Waals surface area contributed by atoms with Gasteiger partial charge in [0.05, 0.1) is 18.3 Å². The molecule has 1 saturated heterocycles. The molecule has 1 unspecified atom stereocenters. The fourth-order valence-corrected chi connectivity index (χ4v) is 3.59. The van der Waals surface area contributed by atoms with E-state index in [0.29, 0.717) is 10.8 Å². The number of halogens is 1. The number of aliphatic hydroxyl groups excluding tert-OH is 1. The fourth-order valence-electron chi connectivity index (χ4n) is 3.47. The van der Waals surface area contributed by atoms with Gasteiger partial charge >= 0.3 is 0 Å². The van der Waals surface area contributed by atoms with Crippen molar-refractivity contribution < 1.29 is 5.11 Å². The lowest BCUT2D eigenvalue weighted by molar-refractivity contribution is 0.239.